The second kappa shape index (κ2) is 9.17. The zero-order valence-electron chi connectivity index (χ0n) is 12.0. The van der Waals surface area contributed by atoms with Crippen LogP contribution in [0.25, 0.3) is 0 Å². The van der Waals surface area contributed by atoms with Gasteiger partial charge >= 0.3 is 0 Å². The van der Waals surface area contributed by atoms with Gasteiger partial charge in [0.2, 0.25) is 0 Å². The van der Waals surface area contributed by atoms with Crippen molar-refractivity contribution in [2.24, 2.45) is 11.8 Å². The minimum absolute atomic E-state index is 0. The third kappa shape index (κ3) is 5.46. The Hall–Kier alpha value is 0.210. The minimum Gasteiger partial charge on any atom is -0.319 e. The van der Waals surface area contributed by atoms with E-state index in [-0.39, 0.29) is 12.4 Å². The third-order valence-corrected chi connectivity index (χ3v) is 4.59. The molecule has 0 radical (unpaired) electrons. The monoisotopic (exact) mass is 274 g/mol. The summed E-state index contributed by atoms with van der Waals surface area (Å²) in [4.78, 5) is 2.75. The first-order valence-electron chi connectivity index (χ1n) is 7.75. The first-order chi connectivity index (χ1) is 8.38. The molecule has 18 heavy (non-hydrogen) atoms. The van der Waals surface area contributed by atoms with E-state index < -0.39 is 0 Å². The van der Waals surface area contributed by atoms with E-state index in [2.05, 4.69) is 17.3 Å². The molecule has 2 rings (SSSR count). The molecule has 0 spiro atoms. The maximum Gasteiger partial charge on any atom is 0.00219 e. The highest BCUT2D eigenvalue weighted by atomic mass is 35.5. The van der Waals surface area contributed by atoms with Gasteiger partial charge in [-0.1, -0.05) is 25.7 Å². The lowest BCUT2D eigenvalue weighted by atomic mass is 9.94. The molecule has 1 saturated heterocycles. The number of hydrogen-bond acceptors (Lipinski definition) is 2. The van der Waals surface area contributed by atoms with Crippen molar-refractivity contribution >= 4 is 12.4 Å². The standard InChI is InChI=1S/C15H30N2.ClH/c1-16-11-15-9-6-10-17(13-15)12-14-7-4-2-3-5-8-14;/h14-16H,2-13H2,1H3;1H. The molecule has 0 aromatic heterocycles. The quantitative estimate of drug-likeness (QED) is 0.792. The van der Waals surface area contributed by atoms with Gasteiger partial charge in [-0.2, -0.15) is 0 Å². The highest BCUT2D eigenvalue weighted by Gasteiger charge is 2.22. The van der Waals surface area contributed by atoms with Crippen molar-refractivity contribution < 1.29 is 0 Å². The van der Waals surface area contributed by atoms with E-state index in [0.717, 1.165) is 11.8 Å². The Morgan fingerprint density at radius 3 is 2.28 bits per heavy atom. The van der Waals surface area contributed by atoms with Crippen LogP contribution in [0.15, 0.2) is 0 Å². The Morgan fingerprint density at radius 1 is 0.944 bits per heavy atom. The Morgan fingerprint density at radius 2 is 1.61 bits per heavy atom. The second-order valence-corrected chi connectivity index (χ2v) is 6.18. The Labute approximate surface area is 119 Å². The molecule has 108 valence electrons. The zero-order chi connectivity index (χ0) is 11.9. The van der Waals surface area contributed by atoms with Crippen LogP contribution in [0.1, 0.15) is 51.4 Å². The predicted octanol–water partition coefficient (Wildman–Crippen LogP) is 3.31. The summed E-state index contributed by atoms with van der Waals surface area (Å²) >= 11 is 0. The second-order valence-electron chi connectivity index (χ2n) is 6.18. The molecule has 1 aliphatic heterocycles. The summed E-state index contributed by atoms with van der Waals surface area (Å²) in [6.45, 7) is 5.30. The molecule has 0 bridgehead atoms. The number of piperidine rings is 1. The van der Waals surface area contributed by atoms with E-state index in [1.54, 1.807) is 0 Å². The fourth-order valence-corrected chi connectivity index (χ4v) is 3.68. The van der Waals surface area contributed by atoms with Gasteiger partial charge in [-0.25, -0.2) is 0 Å². The first kappa shape index (κ1) is 16.3. The molecule has 2 nitrogen and oxygen atoms in total. The third-order valence-electron chi connectivity index (χ3n) is 4.59. The average molecular weight is 275 g/mol. The molecular weight excluding hydrogens is 244 g/mol. The van der Waals surface area contributed by atoms with Crippen molar-refractivity contribution in [3.05, 3.63) is 0 Å². The van der Waals surface area contributed by atoms with Crippen molar-refractivity contribution in [2.45, 2.75) is 51.4 Å². The van der Waals surface area contributed by atoms with Gasteiger partial charge < -0.3 is 10.2 Å². The lowest BCUT2D eigenvalue weighted by Gasteiger charge is -2.34. The van der Waals surface area contributed by atoms with Crippen LogP contribution in [0.5, 0.6) is 0 Å². The molecule has 0 aromatic carbocycles. The smallest absolute Gasteiger partial charge is 0.00219 e. The van der Waals surface area contributed by atoms with E-state index in [9.17, 15) is 0 Å². The summed E-state index contributed by atoms with van der Waals surface area (Å²) < 4.78 is 0. The van der Waals surface area contributed by atoms with Gasteiger partial charge in [-0.3, -0.25) is 0 Å². The van der Waals surface area contributed by atoms with Gasteiger partial charge in [-0.15, -0.1) is 12.4 Å². The van der Waals surface area contributed by atoms with E-state index in [4.69, 9.17) is 0 Å². The number of halogens is 1. The zero-order valence-corrected chi connectivity index (χ0v) is 12.8. The molecule has 1 N–H and O–H groups in total. The van der Waals surface area contributed by atoms with Crippen LogP contribution < -0.4 is 5.32 Å². The molecule has 3 heteroatoms. The Bertz CT molecular complexity index is 201. The maximum absolute atomic E-state index is 3.34. The van der Waals surface area contributed by atoms with Gasteiger partial charge in [0, 0.05) is 13.1 Å². The minimum atomic E-state index is 0. The number of rotatable bonds is 4. The maximum atomic E-state index is 3.34. The SMILES string of the molecule is CNCC1CCCN(CC2CCCCCC2)C1.Cl. The summed E-state index contributed by atoms with van der Waals surface area (Å²) in [5.41, 5.74) is 0. The van der Waals surface area contributed by atoms with Crippen molar-refractivity contribution in [1.29, 1.82) is 0 Å². The van der Waals surface area contributed by atoms with E-state index in [1.807, 2.05) is 0 Å². The molecule has 2 aliphatic rings. The molecule has 0 aromatic rings. The highest BCUT2D eigenvalue weighted by molar-refractivity contribution is 5.85. The van der Waals surface area contributed by atoms with E-state index in [1.165, 1.54) is 77.5 Å². The lowest BCUT2D eigenvalue weighted by molar-refractivity contribution is 0.145. The van der Waals surface area contributed by atoms with Crippen LogP contribution >= 0.6 is 12.4 Å². The summed E-state index contributed by atoms with van der Waals surface area (Å²) in [6.07, 6.45) is 11.8. The van der Waals surface area contributed by atoms with Crippen LogP contribution in [0.2, 0.25) is 0 Å². The van der Waals surface area contributed by atoms with Crippen LogP contribution in [0, 0.1) is 11.8 Å². The largest absolute Gasteiger partial charge is 0.319 e. The van der Waals surface area contributed by atoms with E-state index >= 15 is 0 Å². The number of nitrogens with one attached hydrogen (secondary N) is 1. The first-order valence-corrected chi connectivity index (χ1v) is 7.75. The van der Waals surface area contributed by atoms with Crippen molar-refractivity contribution in [2.75, 3.05) is 33.2 Å². The van der Waals surface area contributed by atoms with Gasteiger partial charge in [0.1, 0.15) is 0 Å². The van der Waals surface area contributed by atoms with Crippen LogP contribution in [0.3, 0.4) is 0 Å². The highest BCUT2D eigenvalue weighted by Crippen LogP contribution is 2.25. The molecule has 1 atom stereocenters. The van der Waals surface area contributed by atoms with Crippen LogP contribution in [-0.4, -0.2) is 38.1 Å². The Kier molecular flexibility index (Phi) is 8.28. The number of hydrogen-bond donors (Lipinski definition) is 1. The van der Waals surface area contributed by atoms with Crippen molar-refractivity contribution in [3.8, 4) is 0 Å². The molecule has 1 heterocycles. The van der Waals surface area contributed by atoms with Gasteiger partial charge in [0.25, 0.3) is 0 Å². The van der Waals surface area contributed by atoms with Crippen molar-refractivity contribution in [3.63, 3.8) is 0 Å². The Balaban J connectivity index is 0.00000162. The topological polar surface area (TPSA) is 15.3 Å². The summed E-state index contributed by atoms with van der Waals surface area (Å²) in [5, 5.41) is 3.34. The fraction of sp³-hybridized carbons (Fsp3) is 1.00. The van der Waals surface area contributed by atoms with Crippen molar-refractivity contribution in [1.82, 2.24) is 10.2 Å². The molecule has 0 amide bonds. The summed E-state index contributed by atoms with van der Waals surface area (Å²) in [5.74, 6) is 1.91. The lowest BCUT2D eigenvalue weighted by Crippen LogP contribution is -2.41. The van der Waals surface area contributed by atoms with Gasteiger partial charge in [-0.05, 0) is 57.7 Å². The van der Waals surface area contributed by atoms with Crippen LogP contribution in [0.4, 0.5) is 0 Å². The molecule has 1 unspecified atom stereocenters. The van der Waals surface area contributed by atoms with E-state index in [0.29, 0.717) is 0 Å². The number of likely N-dealkylation sites (tertiary alicyclic amines) is 1. The number of nitrogens with zero attached hydrogens (tertiary/aromatic N) is 1. The molecule has 1 aliphatic carbocycles. The molecule has 2 fully saturated rings. The summed E-state index contributed by atoms with van der Waals surface area (Å²) in [7, 11) is 2.09. The fourth-order valence-electron chi connectivity index (χ4n) is 3.68. The van der Waals surface area contributed by atoms with Gasteiger partial charge in [0.05, 0.1) is 0 Å². The normalized spacial score (nSPS) is 27.5. The van der Waals surface area contributed by atoms with Crippen LogP contribution in [-0.2, 0) is 0 Å². The average Bonchev–Trinajstić information content (AvgIpc) is 2.59. The summed E-state index contributed by atoms with van der Waals surface area (Å²) in [6, 6.07) is 0. The molecule has 1 saturated carbocycles. The van der Waals surface area contributed by atoms with Gasteiger partial charge in [0.15, 0.2) is 0 Å². The predicted molar refractivity (Wildman–Crippen MR) is 81.5 cm³/mol. The molecular formula is C15H31ClN2.